The SMILES string of the molecule is OCc1cc(OC(F)(F)F)c(CF)c(I)n1. The monoisotopic (exact) mass is 351 g/mol. The first-order valence-electron chi connectivity index (χ1n) is 3.98. The molecule has 1 rings (SSSR count). The zero-order chi connectivity index (χ0) is 12.3. The van der Waals surface area contributed by atoms with Crippen molar-refractivity contribution >= 4 is 22.6 Å². The van der Waals surface area contributed by atoms with Crippen LogP contribution < -0.4 is 4.74 Å². The number of hydrogen-bond acceptors (Lipinski definition) is 3. The molecule has 0 aliphatic carbocycles. The predicted molar refractivity (Wildman–Crippen MR) is 54.4 cm³/mol. The summed E-state index contributed by atoms with van der Waals surface area (Å²) >= 11 is 1.58. The first kappa shape index (κ1) is 13.4. The Bertz CT molecular complexity index is 383. The van der Waals surface area contributed by atoms with Crippen molar-refractivity contribution in [3.05, 3.63) is 21.0 Å². The van der Waals surface area contributed by atoms with Gasteiger partial charge in [-0.15, -0.1) is 13.2 Å². The Labute approximate surface area is 102 Å². The summed E-state index contributed by atoms with van der Waals surface area (Å²) in [6.45, 7) is -1.67. The minimum Gasteiger partial charge on any atom is -0.405 e. The topological polar surface area (TPSA) is 42.4 Å². The van der Waals surface area contributed by atoms with Crippen LogP contribution in [0.15, 0.2) is 6.07 Å². The number of rotatable bonds is 3. The number of halogens is 5. The highest BCUT2D eigenvalue weighted by Crippen LogP contribution is 2.30. The van der Waals surface area contributed by atoms with E-state index in [4.69, 9.17) is 5.11 Å². The van der Waals surface area contributed by atoms with Gasteiger partial charge in [0.15, 0.2) is 0 Å². The lowest BCUT2D eigenvalue weighted by Gasteiger charge is -2.13. The molecule has 90 valence electrons. The first-order chi connectivity index (χ1) is 7.37. The summed E-state index contributed by atoms with van der Waals surface area (Å²) in [6, 6.07) is 0.866. The van der Waals surface area contributed by atoms with Crippen molar-refractivity contribution in [1.29, 1.82) is 0 Å². The Morgan fingerprint density at radius 2 is 2.06 bits per heavy atom. The molecule has 3 nitrogen and oxygen atoms in total. The van der Waals surface area contributed by atoms with Crippen LogP contribution >= 0.6 is 22.6 Å². The highest BCUT2D eigenvalue weighted by Gasteiger charge is 2.32. The van der Waals surface area contributed by atoms with Crippen LogP contribution in [-0.2, 0) is 13.3 Å². The van der Waals surface area contributed by atoms with Crippen LogP contribution in [0.3, 0.4) is 0 Å². The second-order valence-electron chi connectivity index (χ2n) is 2.72. The molecule has 0 aliphatic heterocycles. The maximum Gasteiger partial charge on any atom is 0.573 e. The summed E-state index contributed by atoms with van der Waals surface area (Å²) in [5, 5.41) is 8.75. The average Bonchev–Trinajstić information content (AvgIpc) is 2.14. The van der Waals surface area contributed by atoms with E-state index in [1.807, 2.05) is 0 Å². The average molecular weight is 351 g/mol. The van der Waals surface area contributed by atoms with E-state index in [1.165, 1.54) is 0 Å². The van der Waals surface area contributed by atoms with Crippen molar-refractivity contribution < 1.29 is 27.4 Å². The molecule has 16 heavy (non-hydrogen) atoms. The van der Waals surface area contributed by atoms with E-state index in [0.717, 1.165) is 6.07 Å². The molecule has 0 fully saturated rings. The van der Waals surface area contributed by atoms with Gasteiger partial charge >= 0.3 is 6.36 Å². The van der Waals surface area contributed by atoms with Crippen LogP contribution in [0.2, 0.25) is 0 Å². The molecule has 1 aromatic heterocycles. The molecule has 0 unspecified atom stereocenters. The van der Waals surface area contributed by atoms with Gasteiger partial charge in [0.25, 0.3) is 0 Å². The maximum atomic E-state index is 12.5. The summed E-state index contributed by atoms with van der Waals surface area (Å²) in [5.74, 6) is -0.668. The third-order valence-corrected chi connectivity index (χ3v) is 2.50. The fourth-order valence-electron chi connectivity index (χ4n) is 0.984. The van der Waals surface area contributed by atoms with Gasteiger partial charge in [-0.2, -0.15) is 0 Å². The van der Waals surface area contributed by atoms with Gasteiger partial charge in [-0.05, 0) is 22.6 Å². The second-order valence-corrected chi connectivity index (χ2v) is 3.74. The molecule has 0 saturated carbocycles. The van der Waals surface area contributed by atoms with Crippen LogP contribution in [0.5, 0.6) is 5.75 Å². The van der Waals surface area contributed by atoms with Gasteiger partial charge in [-0.25, -0.2) is 9.37 Å². The number of pyridine rings is 1. The number of aliphatic hydroxyl groups is 1. The summed E-state index contributed by atoms with van der Waals surface area (Å²) in [5.41, 5.74) is -0.295. The quantitative estimate of drug-likeness (QED) is 0.517. The molecule has 0 spiro atoms. The van der Waals surface area contributed by atoms with Crippen molar-refractivity contribution in [1.82, 2.24) is 4.98 Å². The van der Waals surface area contributed by atoms with Gasteiger partial charge < -0.3 is 9.84 Å². The molecule has 0 bridgehead atoms. The zero-order valence-electron chi connectivity index (χ0n) is 7.68. The van der Waals surface area contributed by atoms with Gasteiger partial charge in [0.1, 0.15) is 16.1 Å². The van der Waals surface area contributed by atoms with E-state index in [2.05, 4.69) is 9.72 Å². The molecule has 0 saturated heterocycles. The molecule has 0 aromatic carbocycles. The Kier molecular flexibility index (Phi) is 4.30. The van der Waals surface area contributed by atoms with Crippen molar-refractivity contribution in [2.24, 2.45) is 0 Å². The highest BCUT2D eigenvalue weighted by atomic mass is 127. The lowest BCUT2D eigenvalue weighted by molar-refractivity contribution is -0.275. The number of aliphatic hydroxyl groups excluding tert-OH is 1. The van der Waals surface area contributed by atoms with Crippen molar-refractivity contribution in [3.63, 3.8) is 0 Å². The largest absolute Gasteiger partial charge is 0.573 e. The summed E-state index contributed by atoms with van der Waals surface area (Å²) in [6.07, 6.45) is -4.90. The van der Waals surface area contributed by atoms with Gasteiger partial charge in [0, 0.05) is 6.07 Å². The first-order valence-corrected chi connectivity index (χ1v) is 5.06. The van der Waals surface area contributed by atoms with Crippen LogP contribution in [-0.4, -0.2) is 16.5 Å². The van der Waals surface area contributed by atoms with Crippen molar-refractivity contribution in [2.75, 3.05) is 0 Å². The molecule has 8 heteroatoms. The van der Waals surface area contributed by atoms with Crippen LogP contribution in [0.1, 0.15) is 11.3 Å². The summed E-state index contributed by atoms with van der Waals surface area (Å²) in [4.78, 5) is 3.70. The third kappa shape index (κ3) is 3.44. The fourth-order valence-corrected chi connectivity index (χ4v) is 1.70. The summed E-state index contributed by atoms with van der Waals surface area (Å²) in [7, 11) is 0. The minimum absolute atomic E-state index is 0.0131. The molecule has 1 N–H and O–H groups in total. The predicted octanol–water partition coefficient (Wildman–Crippen LogP) is 2.55. The van der Waals surface area contributed by atoms with Gasteiger partial charge in [0.2, 0.25) is 0 Å². The lowest BCUT2D eigenvalue weighted by Crippen LogP contribution is -2.19. The van der Waals surface area contributed by atoms with Gasteiger partial charge in [-0.1, -0.05) is 0 Å². The fraction of sp³-hybridized carbons (Fsp3) is 0.375. The van der Waals surface area contributed by atoms with Crippen molar-refractivity contribution in [2.45, 2.75) is 19.6 Å². The Morgan fingerprint density at radius 3 is 2.50 bits per heavy atom. The Balaban J connectivity index is 3.18. The number of hydrogen-bond donors (Lipinski definition) is 1. The highest BCUT2D eigenvalue weighted by molar-refractivity contribution is 14.1. The maximum absolute atomic E-state index is 12.5. The minimum atomic E-state index is -4.90. The standard InChI is InChI=1S/C8H6F4INO2/c9-2-5-6(16-8(10,11)12)1-4(3-15)14-7(5)13/h1,15H,2-3H2. The van der Waals surface area contributed by atoms with E-state index in [1.54, 1.807) is 22.6 Å². The molecule has 1 heterocycles. The van der Waals surface area contributed by atoms with Gasteiger partial charge in [0.05, 0.1) is 17.9 Å². The van der Waals surface area contributed by atoms with E-state index in [9.17, 15) is 17.6 Å². The lowest BCUT2D eigenvalue weighted by atomic mass is 10.2. The Hall–Kier alpha value is -0.640. The van der Waals surface area contributed by atoms with Gasteiger partial charge in [-0.3, -0.25) is 0 Å². The number of alkyl halides is 4. The molecule has 0 atom stereocenters. The molecule has 0 radical (unpaired) electrons. The molecular formula is C8H6F4INO2. The van der Waals surface area contributed by atoms with Crippen LogP contribution in [0.4, 0.5) is 17.6 Å². The van der Waals surface area contributed by atoms with E-state index >= 15 is 0 Å². The number of aromatic nitrogens is 1. The number of nitrogens with zero attached hydrogens (tertiary/aromatic N) is 1. The second kappa shape index (κ2) is 5.13. The molecule has 0 aliphatic rings. The van der Waals surface area contributed by atoms with Crippen LogP contribution in [0, 0.1) is 3.70 Å². The van der Waals surface area contributed by atoms with E-state index in [0.29, 0.717) is 0 Å². The molecular weight excluding hydrogens is 345 g/mol. The smallest absolute Gasteiger partial charge is 0.405 e. The summed E-state index contributed by atoms with van der Waals surface area (Å²) < 4.78 is 52.2. The number of ether oxygens (including phenoxy) is 1. The third-order valence-electron chi connectivity index (χ3n) is 1.61. The van der Waals surface area contributed by atoms with E-state index < -0.39 is 25.4 Å². The molecule has 0 amide bonds. The Morgan fingerprint density at radius 1 is 1.44 bits per heavy atom. The van der Waals surface area contributed by atoms with Crippen LogP contribution in [0.25, 0.3) is 0 Å². The normalized spacial score (nSPS) is 11.6. The molecule has 1 aromatic rings. The van der Waals surface area contributed by atoms with E-state index in [-0.39, 0.29) is 15.0 Å². The zero-order valence-corrected chi connectivity index (χ0v) is 9.84. The van der Waals surface area contributed by atoms with Crippen molar-refractivity contribution in [3.8, 4) is 5.75 Å².